The largest absolute Gasteiger partial charge is 0.416 e. The van der Waals surface area contributed by atoms with Gasteiger partial charge in [0, 0.05) is 6.42 Å². The number of ketones is 1. The molecule has 1 aromatic carbocycles. The van der Waals surface area contributed by atoms with Crippen LogP contribution < -0.4 is 0 Å². The van der Waals surface area contributed by atoms with E-state index in [9.17, 15) is 18.0 Å². The number of benzene rings is 1. The predicted octanol–water partition coefficient (Wildman–Crippen LogP) is 4.38. The van der Waals surface area contributed by atoms with E-state index in [4.69, 9.17) is 0 Å². The molecule has 0 aliphatic carbocycles. The third kappa shape index (κ3) is 4.44. The van der Waals surface area contributed by atoms with E-state index < -0.39 is 16.6 Å². The average Bonchev–Trinajstić information content (AvgIpc) is 2.28. The van der Waals surface area contributed by atoms with Crippen LogP contribution in [0.4, 0.5) is 13.2 Å². The van der Waals surface area contributed by atoms with Crippen LogP contribution in [0.5, 0.6) is 0 Å². The van der Waals surface area contributed by atoms with Gasteiger partial charge < -0.3 is 0 Å². The molecular weight excluding hydrogens is 309 g/mol. The molecule has 0 saturated heterocycles. The number of alkyl halides is 4. The van der Waals surface area contributed by atoms with Crippen LogP contribution in [0.3, 0.4) is 0 Å². The zero-order chi connectivity index (χ0) is 13.8. The predicted molar refractivity (Wildman–Crippen MR) is 67.8 cm³/mol. The van der Waals surface area contributed by atoms with Crippen molar-refractivity contribution in [3.63, 3.8) is 0 Å². The summed E-state index contributed by atoms with van der Waals surface area (Å²) in [4.78, 5) is 11.1. The molecule has 0 aliphatic heterocycles. The molecule has 0 N–H and O–H groups in total. The molecule has 0 aliphatic rings. The third-order valence-corrected chi connectivity index (χ3v) is 3.35. The smallest absolute Gasteiger partial charge is 0.298 e. The van der Waals surface area contributed by atoms with Crippen LogP contribution in [0.2, 0.25) is 0 Å². The summed E-state index contributed by atoms with van der Waals surface area (Å²) in [5.41, 5.74) is -0.168. The van der Waals surface area contributed by atoms with E-state index >= 15 is 0 Å². The van der Waals surface area contributed by atoms with Gasteiger partial charge in [-0.05, 0) is 24.5 Å². The molecule has 0 amide bonds. The molecular formula is C13H14BrF3O. The molecule has 1 atom stereocenters. The second-order valence-corrected chi connectivity index (χ2v) is 5.19. The normalized spacial score (nSPS) is 13.4. The molecule has 1 aromatic rings. The van der Waals surface area contributed by atoms with E-state index in [0.717, 1.165) is 18.6 Å². The Balaban J connectivity index is 2.76. The Kier molecular flexibility index (Phi) is 5.38. The van der Waals surface area contributed by atoms with E-state index in [1.165, 1.54) is 6.07 Å². The molecule has 1 unspecified atom stereocenters. The van der Waals surface area contributed by atoms with Crippen LogP contribution in [0.1, 0.15) is 30.9 Å². The Hall–Kier alpha value is -0.840. The Bertz CT molecular complexity index is 415. The molecule has 0 fully saturated rings. The number of Topliss-reactive ketones (excluding diaryl/α,β-unsaturated/α-hetero) is 1. The van der Waals surface area contributed by atoms with Gasteiger partial charge in [-0.15, -0.1) is 0 Å². The third-order valence-electron chi connectivity index (χ3n) is 2.51. The highest BCUT2D eigenvalue weighted by Crippen LogP contribution is 2.30. The van der Waals surface area contributed by atoms with Gasteiger partial charge in [-0.1, -0.05) is 41.1 Å². The molecule has 0 aromatic heterocycles. The molecule has 0 spiro atoms. The summed E-state index contributed by atoms with van der Waals surface area (Å²) in [5, 5.41) is 0. The summed E-state index contributed by atoms with van der Waals surface area (Å²) < 4.78 is 37.5. The van der Waals surface area contributed by atoms with Crippen molar-refractivity contribution in [1.29, 1.82) is 0 Å². The number of hydrogen-bond acceptors (Lipinski definition) is 1. The second-order valence-electron chi connectivity index (χ2n) is 4.09. The molecule has 0 saturated carbocycles. The zero-order valence-electron chi connectivity index (χ0n) is 9.93. The van der Waals surface area contributed by atoms with Crippen LogP contribution >= 0.6 is 15.9 Å². The van der Waals surface area contributed by atoms with Crippen molar-refractivity contribution in [2.45, 2.75) is 37.2 Å². The van der Waals surface area contributed by atoms with Gasteiger partial charge in [0.2, 0.25) is 0 Å². The van der Waals surface area contributed by atoms with Gasteiger partial charge in [-0.2, -0.15) is 13.2 Å². The number of carbonyl (C=O) groups is 1. The zero-order valence-corrected chi connectivity index (χ0v) is 11.5. The Morgan fingerprint density at radius 3 is 2.61 bits per heavy atom. The fourth-order valence-corrected chi connectivity index (χ4v) is 2.20. The first-order chi connectivity index (χ1) is 8.34. The molecule has 0 radical (unpaired) electrons. The Labute approximate surface area is 113 Å². The highest BCUT2D eigenvalue weighted by molar-refractivity contribution is 9.10. The van der Waals surface area contributed by atoms with Gasteiger partial charge in [-0.3, -0.25) is 4.79 Å². The van der Waals surface area contributed by atoms with Crippen LogP contribution in [0, 0.1) is 0 Å². The van der Waals surface area contributed by atoms with Gasteiger partial charge in [0.05, 0.1) is 10.4 Å². The summed E-state index contributed by atoms with van der Waals surface area (Å²) in [6.07, 6.45) is -2.88. The molecule has 0 bridgehead atoms. The van der Waals surface area contributed by atoms with Crippen LogP contribution in [0.15, 0.2) is 24.3 Å². The maximum absolute atomic E-state index is 12.5. The minimum atomic E-state index is -4.34. The summed E-state index contributed by atoms with van der Waals surface area (Å²) >= 11 is 3.23. The van der Waals surface area contributed by atoms with Crippen molar-refractivity contribution in [1.82, 2.24) is 0 Å². The first-order valence-electron chi connectivity index (χ1n) is 5.67. The quantitative estimate of drug-likeness (QED) is 0.735. The van der Waals surface area contributed by atoms with E-state index in [1.807, 2.05) is 6.92 Å². The van der Waals surface area contributed by atoms with Crippen molar-refractivity contribution in [2.75, 3.05) is 0 Å². The molecule has 0 heterocycles. The topological polar surface area (TPSA) is 17.1 Å². The molecule has 18 heavy (non-hydrogen) atoms. The fourth-order valence-electron chi connectivity index (χ4n) is 1.60. The lowest BCUT2D eigenvalue weighted by atomic mass is 10.0. The lowest BCUT2D eigenvalue weighted by Gasteiger charge is -2.11. The van der Waals surface area contributed by atoms with E-state index in [2.05, 4.69) is 15.9 Å². The number of halogens is 4. The van der Waals surface area contributed by atoms with Crippen LogP contribution in [-0.2, 0) is 17.4 Å². The van der Waals surface area contributed by atoms with E-state index in [-0.39, 0.29) is 12.2 Å². The minimum absolute atomic E-state index is 0.0231. The van der Waals surface area contributed by atoms with E-state index in [1.54, 1.807) is 6.07 Å². The van der Waals surface area contributed by atoms with Gasteiger partial charge >= 0.3 is 6.18 Å². The van der Waals surface area contributed by atoms with Crippen molar-refractivity contribution < 1.29 is 18.0 Å². The number of carbonyl (C=O) groups excluding carboxylic acids is 1. The first-order valence-corrected chi connectivity index (χ1v) is 6.59. The summed E-state index contributed by atoms with van der Waals surface area (Å²) in [6, 6.07) is 5.08. The van der Waals surface area contributed by atoms with Crippen molar-refractivity contribution in [2.24, 2.45) is 0 Å². The monoisotopic (exact) mass is 322 g/mol. The Morgan fingerprint density at radius 2 is 2.06 bits per heavy atom. The summed E-state index contributed by atoms with van der Waals surface area (Å²) in [6.45, 7) is 1.89. The standard InChI is InChI=1S/C13H14BrF3O/c1-2-4-12(18)11(14)8-9-5-3-6-10(7-9)13(15,16)17/h3,5-7,11H,2,4,8H2,1H3. The van der Waals surface area contributed by atoms with Crippen LogP contribution in [-0.4, -0.2) is 10.6 Å². The van der Waals surface area contributed by atoms with Gasteiger partial charge in [0.25, 0.3) is 0 Å². The molecule has 100 valence electrons. The van der Waals surface area contributed by atoms with Crippen LogP contribution in [0.25, 0.3) is 0 Å². The van der Waals surface area contributed by atoms with Gasteiger partial charge in [0.15, 0.2) is 0 Å². The van der Waals surface area contributed by atoms with Crippen molar-refractivity contribution in [3.8, 4) is 0 Å². The minimum Gasteiger partial charge on any atom is -0.298 e. The second kappa shape index (κ2) is 6.36. The van der Waals surface area contributed by atoms with Crippen molar-refractivity contribution in [3.05, 3.63) is 35.4 Å². The highest BCUT2D eigenvalue weighted by Gasteiger charge is 2.30. The molecule has 1 nitrogen and oxygen atoms in total. The summed E-state index contributed by atoms with van der Waals surface area (Å²) in [7, 11) is 0. The molecule has 5 heteroatoms. The lowest BCUT2D eigenvalue weighted by Crippen LogP contribution is -2.16. The average molecular weight is 323 g/mol. The van der Waals surface area contributed by atoms with E-state index in [0.29, 0.717) is 12.0 Å². The van der Waals surface area contributed by atoms with Crippen molar-refractivity contribution >= 4 is 21.7 Å². The molecule has 1 rings (SSSR count). The van der Waals surface area contributed by atoms with Gasteiger partial charge in [0.1, 0.15) is 5.78 Å². The maximum Gasteiger partial charge on any atom is 0.416 e. The Morgan fingerprint density at radius 1 is 1.39 bits per heavy atom. The fraction of sp³-hybridized carbons (Fsp3) is 0.462. The number of hydrogen-bond donors (Lipinski definition) is 0. The first kappa shape index (κ1) is 15.2. The van der Waals surface area contributed by atoms with Gasteiger partial charge in [-0.25, -0.2) is 0 Å². The lowest BCUT2D eigenvalue weighted by molar-refractivity contribution is -0.137. The maximum atomic E-state index is 12.5. The number of rotatable bonds is 5. The highest BCUT2D eigenvalue weighted by atomic mass is 79.9. The summed E-state index contributed by atoms with van der Waals surface area (Å²) in [5.74, 6) is 0.0231. The SMILES string of the molecule is CCCC(=O)C(Br)Cc1cccc(C(F)(F)F)c1.